The van der Waals surface area contributed by atoms with Crippen molar-refractivity contribution in [3.63, 3.8) is 0 Å². The standard InChI is InChI=1S/C12H21NO4/c1-9(10(14)16-4)8-13(3)11(15)12(2)6-5-7-17-12/h9H,5-8H2,1-4H3. The van der Waals surface area contributed by atoms with Crippen LogP contribution in [0.25, 0.3) is 0 Å². The number of rotatable bonds is 4. The number of nitrogens with zero attached hydrogens (tertiary/aromatic N) is 1. The van der Waals surface area contributed by atoms with E-state index in [9.17, 15) is 9.59 Å². The number of amides is 1. The van der Waals surface area contributed by atoms with Crippen molar-refractivity contribution in [3.05, 3.63) is 0 Å². The second-order valence-corrected chi connectivity index (χ2v) is 4.79. The quantitative estimate of drug-likeness (QED) is 0.686. The normalized spacial score (nSPS) is 25.4. The average Bonchev–Trinajstić information content (AvgIpc) is 2.75. The Kier molecular flexibility index (Phi) is 4.51. The van der Waals surface area contributed by atoms with Crippen molar-refractivity contribution in [1.82, 2.24) is 4.90 Å². The number of ether oxygens (including phenoxy) is 2. The van der Waals surface area contributed by atoms with E-state index in [4.69, 9.17) is 4.74 Å². The Labute approximate surface area is 102 Å². The first kappa shape index (κ1) is 14.0. The van der Waals surface area contributed by atoms with Crippen molar-refractivity contribution >= 4 is 11.9 Å². The maximum Gasteiger partial charge on any atom is 0.310 e. The van der Waals surface area contributed by atoms with E-state index < -0.39 is 5.60 Å². The van der Waals surface area contributed by atoms with Gasteiger partial charge in [-0.3, -0.25) is 9.59 Å². The molecule has 1 rings (SSSR count). The minimum absolute atomic E-state index is 0.0641. The molecule has 0 N–H and O–H groups in total. The molecule has 1 heterocycles. The highest BCUT2D eigenvalue weighted by Gasteiger charge is 2.40. The summed E-state index contributed by atoms with van der Waals surface area (Å²) >= 11 is 0. The highest BCUT2D eigenvalue weighted by Crippen LogP contribution is 2.27. The Bertz CT molecular complexity index is 297. The van der Waals surface area contributed by atoms with Gasteiger partial charge in [-0.25, -0.2) is 0 Å². The number of hydrogen-bond acceptors (Lipinski definition) is 4. The molecule has 0 bridgehead atoms. The summed E-state index contributed by atoms with van der Waals surface area (Å²) in [5.74, 6) is -0.688. The zero-order chi connectivity index (χ0) is 13.1. The van der Waals surface area contributed by atoms with Crippen LogP contribution < -0.4 is 0 Å². The number of likely N-dealkylation sites (N-methyl/N-ethyl adjacent to an activating group) is 1. The van der Waals surface area contributed by atoms with Crippen LogP contribution in [0.1, 0.15) is 26.7 Å². The topological polar surface area (TPSA) is 55.8 Å². The van der Waals surface area contributed by atoms with E-state index in [1.165, 1.54) is 7.11 Å². The number of hydrogen-bond donors (Lipinski definition) is 0. The number of carbonyl (C=O) groups excluding carboxylic acids is 2. The molecule has 1 amide bonds. The maximum atomic E-state index is 12.2. The van der Waals surface area contributed by atoms with Gasteiger partial charge in [0.1, 0.15) is 5.60 Å². The van der Waals surface area contributed by atoms with Gasteiger partial charge in [0, 0.05) is 20.2 Å². The van der Waals surface area contributed by atoms with Gasteiger partial charge < -0.3 is 14.4 Å². The summed E-state index contributed by atoms with van der Waals surface area (Å²) < 4.78 is 10.1. The molecule has 0 aliphatic carbocycles. The van der Waals surface area contributed by atoms with Crippen molar-refractivity contribution in [2.24, 2.45) is 5.92 Å². The van der Waals surface area contributed by atoms with E-state index in [-0.39, 0.29) is 17.8 Å². The lowest BCUT2D eigenvalue weighted by atomic mass is 10.0. The second-order valence-electron chi connectivity index (χ2n) is 4.79. The molecular weight excluding hydrogens is 222 g/mol. The third kappa shape index (κ3) is 3.19. The van der Waals surface area contributed by atoms with Gasteiger partial charge in [-0.2, -0.15) is 0 Å². The molecule has 1 aliphatic heterocycles. The van der Waals surface area contributed by atoms with Crippen molar-refractivity contribution < 1.29 is 19.1 Å². The highest BCUT2D eigenvalue weighted by molar-refractivity contribution is 5.85. The summed E-state index contributed by atoms with van der Waals surface area (Å²) in [5, 5.41) is 0. The van der Waals surface area contributed by atoms with E-state index in [1.54, 1.807) is 18.9 Å². The molecule has 1 aliphatic rings. The van der Waals surface area contributed by atoms with Crippen LogP contribution in [-0.4, -0.2) is 49.7 Å². The van der Waals surface area contributed by atoms with E-state index in [0.717, 1.165) is 12.8 Å². The molecule has 5 heteroatoms. The molecule has 0 saturated carbocycles. The molecule has 2 atom stereocenters. The summed E-state index contributed by atoms with van der Waals surface area (Å²) in [4.78, 5) is 25.0. The van der Waals surface area contributed by atoms with Crippen LogP contribution in [0.5, 0.6) is 0 Å². The third-order valence-corrected chi connectivity index (χ3v) is 3.17. The summed E-state index contributed by atoms with van der Waals surface area (Å²) in [5.41, 5.74) is -0.718. The van der Waals surface area contributed by atoms with Crippen molar-refractivity contribution in [1.29, 1.82) is 0 Å². The van der Waals surface area contributed by atoms with E-state index >= 15 is 0 Å². The zero-order valence-electron chi connectivity index (χ0n) is 11.0. The second kappa shape index (κ2) is 5.49. The van der Waals surface area contributed by atoms with Gasteiger partial charge in [0.2, 0.25) is 0 Å². The largest absolute Gasteiger partial charge is 0.469 e. The summed E-state index contributed by atoms with van der Waals surface area (Å²) in [6.45, 7) is 4.53. The molecule has 0 aromatic heterocycles. The van der Waals surface area contributed by atoms with Gasteiger partial charge in [-0.1, -0.05) is 6.92 Å². The van der Waals surface area contributed by atoms with Crippen molar-refractivity contribution in [2.45, 2.75) is 32.3 Å². The molecule has 1 fully saturated rings. The Morgan fingerprint density at radius 2 is 2.18 bits per heavy atom. The van der Waals surface area contributed by atoms with E-state index in [0.29, 0.717) is 13.2 Å². The SMILES string of the molecule is COC(=O)C(C)CN(C)C(=O)C1(C)CCCO1. The molecule has 0 spiro atoms. The smallest absolute Gasteiger partial charge is 0.310 e. The van der Waals surface area contributed by atoms with Gasteiger partial charge in [0.15, 0.2) is 0 Å². The van der Waals surface area contributed by atoms with Crippen LogP contribution in [0, 0.1) is 5.92 Å². The predicted molar refractivity (Wildman–Crippen MR) is 62.4 cm³/mol. The summed E-state index contributed by atoms with van der Waals surface area (Å²) in [6.07, 6.45) is 1.64. The Hall–Kier alpha value is -1.10. The molecular formula is C12H21NO4. The van der Waals surface area contributed by atoms with Crippen LogP contribution >= 0.6 is 0 Å². The number of methoxy groups -OCH3 is 1. The minimum Gasteiger partial charge on any atom is -0.469 e. The van der Waals surface area contributed by atoms with Gasteiger partial charge >= 0.3 is 5.97 Å². The monoisotopic (exact) mass is 243 g/mol. The number of carbonyl (C=O) groups is 2. The van der Waals surface area contributed by atoms with Crippen molar-refractivity contribution in [2.75, 3.05) is 27.3 Å². The van der Waals surface area contributed by atoms with Crippen molar-refractivity contribution in [3.8, 4) is 0 Å². The number of esters is 1. The molecule has 0 radical (unpaired) electrons. The van der Waals surface area contributed by atoms with Gasteiger partial charge in [-0.05, 0) is 19.8 Å². The van der Waals surface area contributed by atoms with Crippen LogP contribution in [-0.2, 0) is 19.1 Å². The van der Waals surface area contributed by atoms with Gasteiger partial charge in [0.05, 0.1) is 13.0 Å². The lowest BCUT2D eigenvalue weighted by molar-refractivity contribution is -0.152. The predicted octanol–water partition coefficient (Wildman–Crippen LogP) is 0.823. The lowest BCUT2D eigenvalue weighted by Crippen LogP contribution is -2.47. The first-order chi connectivity index (χ1) is 7.90. The fourth-order valence-electron chi connectivity index (χ4n) is 2.12. The summed E-state index contributed by atoms with van der Waals surface area (Å²) in [7, 11) is 3.04. The first-order valence-electron chi connectivity index (χ1n) is 5.88. The van der Waals surface area contributed by atoms with Crippen LogP contribution in [0.4, 0.5) is 0 Å². The molecule has 0 aromatic rings. The Morgan fingerprint density at radius 1 is 1.53 bits per heavy atom. The molecule has 5 nitrogen and oxygen atoms in total. The van der Waals surface area contributed by atoms with Crippen LogP contribution in [0.2, 0.25) is 0 Å². The maximum absolute atomic E-state index is 12.2. The Morgan fingerprint density at radius 3 is 2.65 bits per heavy atom. The zero-order valence-corrected chi connectivity index (χ0v) is 11.0. The average molecular weight is 243 g/mol. The van der Waals surface area contributed by atoms with Gasteiger partial charge in [-0.15, -0.1) is 0 Å². The minimum atomic E-state index is -0.718. The van der Waals surface area contributed by atoms with Crippen LogP contribution in [0.15, 0.2) is 0 Å². The molecule has 98 valence electrons. The molecule has 17 heavy (non-hydrogen) atoms. The third-order valence-electron chi connectivity index (χ3n) is 3.17. The van der Waals surface area contributed by atoms with E-state index in [1.807, 2.05) is 6.92 Å². The fraction of sp³-hybridized carbons (Fsp3) is 0.833. The Balaban J connectivity index is 2.55. The fourth-order valence-corrected chi connectivity index (χ4v) is 2.12. The first-order valence-corrected chi connectivity index (χ1v) is 5.88. The molecule has 2 unspecified atom stereocenters. The molecule has 1 saturated heterocycles. The molecule has 0 aromatic carbocycles. The van der Waals surface area contributed by atoms with Gasteiger partial charge in [0.25, 0.3) is 5.91 Å². The highest BCUT2D eigenvalue weighted by atomic mass is 16.5. The summed E-state index contributed by atoms with van der Waals surface area (Å²) in [6, 6.07) is 0. The van der Waals surface area contributed by atoms with E-state index in [2.05, 4.69) is 4.74 Å². The van der Waals surface area contributed by atoms with Crippen LogP contribution in [0.3, 0.4) is 0 Å². The lowest BCUT2D eigenvalue weighted by Gasteiger charge is -2.29.